The van der Waals surface area contributed by atoms with Gasteiger partial charge in [0.25, 0.3) is 5.91 Å². The number of sulfonamides is 1. The van der Waals surface area contributed by atoms with Gasteiger partial charge in [0.15, 0.2) is 0 Å². The molecule has 1 unspecified atom stereocenters. The highest BCUT2D eigenvalue weighted by Crippen LogP contribution is 2.30. The Morgan fingerprint density at radius 3 is 2.45 bits per heavy atom. The van der Waals surface area contributed by atoms with Crippen LogP contribution >= 0.6 is 0 Å². The lowest BCUT2D eigenvalue weighted by molar-refractivity contribution is 0.0337. The van der Waals surface area contributed by atoms with Gasteiger partial charge in [-0.2, -0.15) is 4.31 Å². The van der Waals surface area contributed by atoms with Crippen molar-refractivity contribution in [3.8, 4) is 0 Å². The summed E-state index contributed by atoms with van der Waals surface area (Å²) < 4.78 is 59.9. The first-order chi connectivity index (χ1) is 14.8. The van der Waals surface area contributed by atoms with Crippen molar-refractivity contribution >= 4 is 15.9 Å². The van der Waals surface area contributed by atoms with Gasteiger partial charge in [-0.3, -0.25) is 9.69 Å². The fourth-order valence-electron chi connectivity index (χ4n) is 4.47. The molecule has 2 fully saturated rings. The molecule has 0 saturated carbocycles. The Bertz CT molecular complexity index is 845. The van der Waals surface area contributed by atoms with Crippen LogP contribution in [0.1, 0.15) is 43.0 Å². The number of nitrogens with zero attached hydrogens (tertiary/aromatic N) is 2. The van der Waals surface area contributed by atoms with Gasteiger partial charge in [-0.15, -0.1) is 0 Å². The van der Waals surface area contributed by atoms with Crippen LogP contribution < -0.4 is 5.32 Å². The van der Waals surface area contributed by atoms with Crippen molar-refractivity contribution in [1.82, 2.24) is 14.5 Å². The Labute approximate surface area is 182 Å². The summed E-state index contributed by atoms with van der Waals surface area (Å²) in [5, 5.41) is 2.73. The smallest absolute Gasteiger partial charge is 0.257 e. The van der Waals surface area contributed by atoms with E-state index in [1.807, 2.05) is 6.92 Å². The predicted molar refractivity (Wildman–Crippen MR) is 113 cm³/mol. The number of amides is 1. The number of ether oxygens (including phenoxy) is 1. The average molecular weight is 460 g/mol. The number of carbonyl (C=O) groups is 1. The number of piperazine rings is 1. The molecule has 2 aliphatic rings. The van der Waals surface area contributed by atoms with Gasteiger partial charge in [0.1, 0.15) is 17.2 Å². The van der Waals surface area contributed by atoms with Crippen molar-refractivity contribution in [2.24, 2.45) is 0 Å². The molecule has 1 aromatic carbocycles. The van der Waals surface area contributed by atoms with E-state index in [-0.39, 0.29) is 12.3 Å². The molecular weight excluding hydrogens is 428 g/mol. The highest BCUT2D eigenvalue weighted by molar-refractivity contribution is 7.89. The van der Waals surface area contributed by atoms with Crippen molar-refractivity contribution in [3.05, 3.63) is 35.4 Å². The van der Waals surface area contributed by atoms with E-state index < -0.39 is 38.7 Å². The van der Waals surface area contributed by atoms with E-state index in [1.54, 1.807) is 0 Å². The first-order valence-electron chi connectivity index (χ1n) is 10.8. The molecule has 174 valence electrons. The van der Waals surface area contributed by atoms with Crippen molar-refractivity contribution in [3.63, 3.8) is 0 Å². The van der Waals surface area contributed by atoms with Gasteiger partial charge in [-0.25, -0.2) is 17.2 Å². The number of hydrogen-bond acceptors (Lipinski definition) is 5. The number of halogens is 2. The zero-order valence-corrected chi connectivity index (χ0v) is 18.7. The van der Waals surface area contributed by atoms with Crippen molar-refractivity contribution in [2.75, 3.05) is 51.7 Å². The van der Waals surface area contributed by atoms with Gasteiger partial charge in [0, 0.05) is 51.5 Å². The van der Waals surface area contributed by atoms with Gasteiger partial charge in [0.05, 0.1) is 5.75 Å². The molecule has 7 nitrogen and oxygen atoms in total. The molecule has 2 aliphatic heterocycles. The Morgan fingerprint density at radius 2 is 1.81 bits per heavy atom. The summed E-state index contributed by atoms with van der Waals surface area (Å²) in [6, 6.07) is 3.34. The summed E-state index contributed by atoms with van der Waals surface area (Å²) in [6.45, 7) is 5.03. The van der Waals surface area contributed by atoms with Crippen LogP contribution in [-0.2, 0) is 14.8 Å². The van der Waals surface area contributed by atoms with Gasteiger partial charge < -0.3 is 10.1 Å². The second kappa shape index (κ2) is 10.3. The lowest BCUT2D eigenvalue weighted by Gasteiger charge is -2.47. The van der Waals surface area contributed by atoms with Crippen molar-refractivity contribution < 1.29 is 26.7 Å². The Kier molecular flexibility index (Phi) is 8.01. The molecule has 0 bridgehead atoms. The SMILES string of the molecule is CCCS(=O)(=O)N1CCN(C2(CNC(=O)c3c(F)cccc3F)CCCOCC2)CC1. The molecule has 10 heteroatoms. The van der Waals surface area contributed by atoms with Gasteiger partial charge in [-0.1, -0.05) is 13.0 Å². The maximum atomic E-state index is 14.0. The fraction of sp³-hybridized carbons (Fsp3) is 0.667. The second-order valence-corrected chi connectivity index (χ2v) is 10.3. The molecule has 1 amide bonds. The van der Waals surface area contributed by atoms with E-state index in [0.717, 1.165) is 25.0 Å². The van der Waals surface area contributed by atoms with Crippen LogP contribution in [0.15, 0.2) is 18.2 Å². The maximum absolute atomic E-state index is 14.0. The first-order valence-corrected chi connectivity index (χ1v) is 12.4. The minimum absolute atomic E-state index is 0.135. The molecule has 1 N–H and O–H groups in total. The van der Waals surface area contributed by atoms with Crippen LogP contribution in [-0.4, -0.2) is 80.8 Å². The molecule has 0 radical (unpaired) electrons. The topological polar surface area (TPSA) is 79.0 Å². The summed E-state index contributed by atoms with van der Waals surface area (Å²) in [5.74, 6) is -2.45. The molecule has 2 heterocycles. The molecule has 1 aromatic rings. The normalized spacial score (nSPS) is 24.0. The van der Waals surface area contributed by atoms with Crippen LogP contribution in [0.4, 0.5) is 8.78 Å². The predicted octanol–water partition coefficient (Wildman–Crippen LogP) is 1.99. The van der Waals surface area contributed by atoms with Crippen LogP contribution in [0.25, 0.3) is 0 Å². The number of carbonyl (C=O) groups excluding carboxylic acids is 1. The number of nitrogens with one attached hydrogen (secondary N) is 1. The van der Waals surface area contributed by atoms with E-state index in [0.29, 0.717) is 52.2 Å². The highest BCUT2D eigenvalue weighted by atomic mass is 32.2. The minimum atomic E-state index is -3.26. The van der Waals surface area contributed by atoms with E-state index in [2.05, 4.69) is 10.2 Å². The van der Waals surface area contributed by atoms with Gasteiger partial charge >= 0.3 is 0 Å². The maximum Gasteiger partial charge on any atom is 0.257 e. The van der Waals surface area contributed by atoms with Gasteiger partial charge in [0.2, 0.25) is 10.0 Å². The summed E-state index contributed by atoms with van der Waals surface area (Å²) >= 11 is 0. The van der Waals surface area contributed by atoms with Crippen LogP contribution in [0.5, 0.6) is 0 Å². The van der Waals surface area contributed by atoms with Crippen molar-refractivity contribution in [1.29, 1.82) is 0 Å². The fourth-order valence-corrected chi connectivity index (χ4v) is 5.97. The molecule has 0 aliphatic carbocycles. The summed E-state index contributed by atoms with van der Waals surface area (Å²) in [7, 11) is -3.26. The zero-order chi connectivity index (χ0) is 22.5. The molecule has 0 spiro atoms. The number of hydrogen-bond donors (Lipinski definition) is 1. The zero-order valence-electron chi connectivity index (χ0n) is 17.9. The molecule has 0 aromatic heterocycles. The third-order valence-electron chi connectivity index (χ3n) is 6.18. The average Bonchev–Trinajstić information content (AvgIpc) is 2.99. The summed E-state index contributed by atoms with van der Waals surface area (Å²) in [4.78, 5) is 14.8. The van der Waals surface area contributed by atoms with Crippen molar-refractivity contribution in [2.45, 2.75) is 38.1 Å². The minimum Gasteiger partial charge on any atom is -0.381 e. The van der Waals surface area contributed by atoms with Crippen LogP contribution in [0.3, 0.4) is 0 Å². The Hall–Kier alpha value is -1.62. The van der Waals surface area contributed by atoms with E-state index >= 15 is 0 Å². The third-order valence-corrected chi connectivity index (χ3v) is 8.25. The molecule has 1 atom stereocenters. The standard InChI is InChI=1S/C21H31F2N3O4S/c1-2-15-31(28,29)26-11-9-25(10-12-26)21(7-4-13-30-14-8-21)16-24-20(27)19-17(22)5-3-6-18(19)23/h3,5-6H,2,4,7-16H2,1H3,(H,24,27). The highest BCUT2D eigenvalue weighted by Gasteiger charge is 2.40. The monoisotopic (exact) mass is 459 g/mol. The third kappa shape index (κ3) is 5.60. The number of rotatable bonds is 7. The van der Waals surface area contributed by atoms with E-state index in [4.69, 9.17) is 4.74 Å². The molecular formula is C21H31F2N3O4S. The van der Waals surface area contributed by atoms with Crippen LogP contribution in [0, 0.1) is 11.6 Å². The Morgan fingerprint density at radius 1 is 1.13 bits per heavy atom. The lowest BCUT2D eigenvalue weighted by Crippen LogP contribution is -2.62. The second-order valence-electron chi connectivity index (χ2n) is 8.17. The summed E-state index contributed by atoms with van der Waals surface area (Å²) in [6.07, 6.45) is 2.75. The van der Waals surface area contributed by atoms with Gasteiger partial charge in [-0.05, 0) is 37.8 Å². The van der Waals surface area contributed by atoms with E-state index in [1.165, 1.54) is 10.4 Å². The summed E-state index contributed by atoms with van der Waals surface area (Å²) in [5.41, 5.74) is -1.04. The quantitative estimate of drug-likeness (QED) is 0.675. The molecule has 3 rings (SSSR count). The largest absolute Gasteiger partial charge is 0.381 e. The van der Waals surface area contributed by atoms with E-state index in [9.17, 15) is 22.0 Å². The number of benzene rings is 1. The Balaban J connectivity index is 1.72. The lowest BCUT2D eigenvalue weighted by atomic mass is 9.87. The first kappa shape index (κ1) is 24.0. The molecule has 2 saturated heterocycles. The van der Waals surface area contributed by atoms with Crippen LogP contribution in [0.2, 0.25) is 0 Å². The molecule has 31 heavy (non-hydrogen) atoms.